The molecule has 0 aliphatic rings. The standard InChI is InChI=1S/C26H29ClN2O2/c1-19-10-4-5-11-21(19)26(31)22-15-14-20(18-23(22)27)29-25-13-7-6-12-24(25)28-16-8-2-3-9-17-30/h4-7,10-15,18,28-30H,2-3,8-9,16-17H2,1H3. The molecule has 0 atom stereocenters. The van der Waals surface area contributed by atoms with E-state index in [1.54, 1.807) is 12.1 Å². The molecule has 4 nitrogen and oxygen atoms in total. The van der Waals surface area contributed by atoms with E-state index in [-0.39, 0.29) is 12.4 Å². The number of hydrogen-bond donors (Lipinski definition) is 3. The molecule has 0 saturated carbocycles. The zero-order valence-corrected chi connectivity index (χ0v) is 18.6. The second kappa shape index (κ2) is 11.5. The lowest BCUT2D eigenvalue weighted by molar-refractivity contribution is 0.103. The number of aliphatic hydroxyl groups excluding tert-OH is 1. The van der Waals surface area contributed by atoms with Crippen molar-refractivity contribution < 1.29 is 9.90 Å². The number of rotatable bonds is 11. The summed E-state index contributed by atoms with van der Waals surface area (Å²) in [5.74, 6) is -0.0714. The maximum atomic E-state index is 12.9. The molecule has 0 aliphatic carbocycles. The summed E-state index contributed by atoms with van der Waals surface area (Å²) in [6.45, 7) is 3.06. The van der Waals surface area contributed by atoms with Gasteiger partial charge in [-0.1, -0.05) is 60.8 Å². The molecule has 162 valence electrons. The normalized spacial score (nSPS) is 10.7. The van der Waals surface area contributed by atoms with E-state index in [4.69, 9.17) is 16.7 Å². The van der Waals surface area contributed by atoms with E-state index in [9.17, 15) is 4.79 Å². The lowest BCUT2D eigenvalue weighted by atomic mass is 9.99. The van der Waals surface area contributed by atoms with Crippen LogP contribution in [0.3, 0.4) is 0 Å². The van der Waals surface area contributed by atoms with Crippen molar-refractivity contribution in [3.63, 3.8) is 0 Å². The molecular weight excluding hydrogens is 408 g/mol. The first-order valence-electron chi connectivity index (χ1n) is 10.7. The second-order valence-electron chi connectivity index (χ2n) is 7.57. The van der Waals surface area contributed by atoms with Gasteiger partial charge in [-0.25, -0.2) is 0 Å². The third kappa shape index (κ3) is 6.33. The number of nitrogens with one attached hydrogen (secondary N) is 2. The van der Waals surface area contributed by atoms with Crippen molar-refractivity contribution in [3.8, 4) is 0 Å². The minimum Gasteiger partial charge on any atom is -0.396 e. The molecule has 31 heavy (non-hydrogen) atoms. The Morgan fingerprint density at radius 3 is 2.32 bits per heavy atom. The first-order valence-corrected chi connectivity index (χ1v) is 11.1. The highest BCUT2D eigenvalue weighted by Gasteiger charge is 2.15. The van der Waals surface area contributed by atoms with Crippen molar-refractivity contribution >= 4 is 34.4 Å². The predicted molar refractivity (Wildman–Crippen MR) is 130 cm³/mol. The number of aryl methyl sites for hydroxylation is 1. The van der Waals surface area contributed by atoms with Gasteiger partial charge in [0, 0.05) is 30.0 Å². The molecule has 0 heterocycles. The van der Waals surface area contributed by atoms with Gasteiger partial charge in [-0.3, -0.25) is 4.79 Å². The van der Waals surface area contributed by atoms with Crippen molar-refractivity contribution in [2.75, 3.05) is 23.8 Å². The summed E-state index contributed by atoms with van der Waals surface area (Å²) in [6.07, 6.45) is 4.05. The average Bonchev–Trinajstić information content (AvgIpc) is 2.77. The van der Waals surface area contributed by atoms with Gasteiger partial charge in [-0.05, 0) is 55.7 Å². The van der Waals surface area contributed by atoms with Crippen LogP contribution in [-0.4, -0.2) is 24.0 Å². The van der Waals surface area contributed by atoms with Crippen LogP contribution in [0.2, 0.25) is 5.02 Å². The van der Waals surface area contributed by atoms with Crippen LogP contribution < -0.4 is 10.6 Å². The summed E-state index contributed by atoms with van der Waals surface area (Å²) >= 11 is 6.48. The summed E-state index contributed by atoms with van der Waals surface area (Å²) in [4.78, 5) is 12.9. The Labute approximate surface area is 189 Å². The predicted octanol–water partition coefficient (Wildman–Crippen LogP) is 6.59. The Kier molecular flexibility index (Phi) is 8.51. The van der Waals surface area contributed by atoms with E-state index < -0.39 is 0 Å². The molecule has 3 aromatic carbocycles. The molecule has 0 fully saturated rings. The highest BCUT2D eigenvalue weighted by molar-refractivity contribution is 6.35. The van der Waals surface area contributed by atoms with E-state index in [0.717, 1.165) is 54.9 Å². The van der Waals surface area contributed by atoms with Gasteiger partial charge in [0.15, 0.2) is 5.78 Å². The van der Waals surface area contributed by atoms with E-state index in [1.807, 2.05) is 61.5 Å². The average molecular weight is 437 g/mol. The molecule has 5 heteroatoms. The Balaban J connectivity index is 1.68. The third-order valence-corrected chi connectivity index (χ3v) is 5.52. The fraction of sp³-hybridized carbons (Fsp3) is 0.269. The Hall–Kier alpha value is -2.82. The van der Waals surface area contributed by atoms with Gasteiger partial charge in [0.05, 0.1) is 16.4 Å². The smallest absolute Gasteiger partial charge is 0.194 e. The number of carbonyl (C=O) groups is 1. The SMILES string of the molecule is Cc1ccccc1C(=O)c1ccc(Nc2ccccc2NCCCCCCO)cc1Cl. The van der Waals surface area contributed by atoms with Crippen LogP contribution in [0, 0.1) is 6.92 Å². The lowest BCUT2D eigenvalue weighted by Gasteiger charge is -2.15. The number of halogens is 1. The van der Waals surface area contributed by atoms with Gasteiger partial charge in [-0.2, -0.15) is 0 Å². The molecule has 3 aromatic rings. The Bertz CT molecular complexity index is 1020. The number of aliphatic hydroxyl groups is 1. The molecule has 0 aromatic heterocycles. The number of hydrogen-bond acceptors (Lipinski definition) is 4. The van der Waals surface area contributed by atoms with Gasteiger partial charge in [0.1, 0.15) is 0 Å². The van der Waals surface area contributed by atoms with Crippen LogP contribution in [0.4, 0.5) is 17.1 Å². The van der Waals surface area contributed by atoms with Gasteiger partial charge in [0.2, 0.25) is 0 Å². The van der Waals surface area contributed by atoms with E-state index in [1.165, 1.54) is 0 Å². The molecule has 0 unspecified atom stereocenters. The molecule has 0 amide bonds. The van der Waals surface area contributed by atoms with Crippen LogP contribution in [0.15, 0.2) is 66.7 Å². The monoisotopic (exact) mass is 436 g/mol. The van der Waals surface area contributed by atoms with Crippen LogP contribution in [0.1, 0.15) is 47.2 Å². The Morgan fingerprint density at radius 1 is 0.871 bits per heavy atom. The molecule has 3 rings (SSSR count). The number of para-hydroxylation sites is 2. The van der Waals surface area contributed by atoms with Gasteiger partial charge in [-0.15, -0.1) is 0 Å². The summed E-state index contributed by atoms with van der Waals surface area (Å²) in [5, 5.41) is 16.2. The summed E-state index contributed by atoms with van der Waals surface area (Å²) in [5.41, 5.74) is 4.88. The maximum Gasteiger partial charge on any atom is 0.194 e. The Morgan fingerprint density at radius 2 is 1.58 bits per heavy atom. The molecule has 0 spiro atoms. The fourth-order valence-electron chi connectivity index (χ4n) is 3.46. The van der Waals surface area contributed by atoms with Crippen LogP contribution in [0.5, 0.6) is 0 Å². The number of ketones is 1. The topological polar surface area (TPSA) is 61.4 Å². The van der Waals surface area contributed by atoms with Gasteiger partial charge < -0.3 is 15.7 Å². The minimum absolute atomic E-state index is 0.0714. The van der Waals surface area contributed by atoms with E-state index >= 15 is 0 Å². The zero-order chi connectivity index (χ0) is 22.1. The number of unbranched alkanes of at least 4 members (excludes halogenated alkanes) is 3. The zero-order valence-electron chi connectivity index (χ0n) is 17.8. The number of anilines is 3. The highest BCUT2D eigenvalue weighted by Crippen LogP contribution is 2.29. The quantitative estimate of drug-likeness (QED) is 0.234. The highest BCUT2D eigenvalue weighted by atomic mass is 35.5. The van der Waals surface area contributed by atoms with Gasteiger partial charge in [0.25, 0.3) is 0 Å². The fourth-order valence-corrected chi connectivity index (χ4v) is 3.73. The summed E-state index contributed by atoms with van der Waals surface area (Å²) in [7, 11) is 0. The first-order chi connectivity index (χ1) is 15.1. The van der Waals surface area contributed by atoms with Crippen molar-refractivity contribution in [1.82, 2.24) is 0 Å². The summed E-state index contributed by atoms with van der Waals surface area (Å²) < 4.78 is 0. The molecule has 0 aliphatic heterocycles. The van der Waals surface area contributed by atoms with E-state index in [0.29, 0.717) is 16.1 Å². The largest absolute Gasteiger partial charge is 0.396 e. The third-order valence-electron chi connectivity index (χ3n) is 5.21. The number of benzene rings is 3. The maximum absolute atomic E-state index is 12.9. The van der Waals surface area contributed by atoms with Crippen LogP contribution >= 0.6 is 11.6 Å². The van der Waals surface area contributed by atoms with E-state index in [2.05, 4.69) is 10.6 Å². The van der Waals surface area contributed by atoms with Gasteiger partial charge >= 0.3 is 0 Å². The first kappa shape index (κ1) is 22.9. The second-order valence-corrected chi connectivity index (χ2v) is 7.98. The number of carbonyl (C=O) groups excluding carboxylic acids is 1. The van der Waals surface area contributed by atoms with Crippen molar-refractivity contribution in [3.05, 3.63) is 88.4 Å². The van der Waals surface area contributed by atoms with Crippen LogP contribution in [0.25, 0.3) is 0 Å². The molecule has 0 bridgehead atoms. The molecule has 3 N–H and O–H groups in total. The summed E-state index contributed by atoms with van der Waals surface area (Å²) in [6, 6.07) is 21.0. The van der Waals surface area contributed by atoms with Crippen molar-refractivity contribution in [2.24, 2.45) is 0 Å². The molecule has 0 saturated heterocycles. The molecule has 0 radical (unpaired) electrons. The van der Waals surface area contributed by atoms with Crippen molar-refractivity contribution in [2.45, 2.75) is 32.6 Å². The lowest BCUT2D eigenvalue weighted by Crippen LogP contribution is -2.06. The minimum atomic E-state index is -0.0714. The molecular formula is C26H29ClN2O2. The van der Waals surface area contributed by atoms with Crippen LogP contribution in [-0.2, 0) is 0 Å². The van der Waals surface area contributed by atoms with Crippen molar-refractivity contribution in [1.29, 1.82) is 0 Å².